The summed E-state index contributed by atoms with van der Waals surface area (Å²) in [7, 11) is 0. The third kappa shape index (κ3) is 4.85. The van der Waals surface area contributed by atoms with Crippen LogP contribution in [0.3, 0.4) is 0 Å². The molecule has 0 aliphatic carbocycles. The molecule has 8 nitrogen and oxygen atoms in total. The summed E-state index contributed by atoms with van der Waals surface area (Å²) in [6.07, 6.45) is 0. The second-order valence-electron chi connectivity index (χ2n) is 8.91. The fraction of sp³-hybridized carbons (Fsp3) is 0.400. The predicted octanol–water partition coefficient (Wildman–Crippen LogP) is 2.68. The number of nitrogens with one attached hydrogen (secondary N) is 1. The van der Waals surface area contributed by atoms with Crippen LogP contribution in [-0.4, -0.2) is 66.9 Å². The predicted molar refractivity (Wildman–Crippen MR) is 124 cm³/mol. The Labute approximate surface area is 193 Å². The molecule has 2 aliphatic heterocycles. The molecule has 33 heavy (non-hydrogen) atoms. The van der Waals surface area contributed by atoms with Crippen LogP contribution in [0.2, 0.25) is 0 Å². The van der Waals surface area contributed by atoms with Crippen molar-refractivity contribution < 1.29 is 23.9 Å². The molecule has 4 rings (SSSR count). The maximum absolute atomic E-state index is 13.2. The number of rotatable bonds is 6. The van der Waals surface area contributed by atoms with Crippen molar-refractivity contribution in [3.05, 3.63) is 53.6 Å². The number of fused-ring (bicyclic) bond motifs is 1. The number of ketones is 1. The summed E-state index contributed by atoms with van der Waals surface area (Å²) < 4.78 is 10.7. The Kier molecular flexibility index (Phi) is 6.37. The van der Waals surface area contributed by atoms with Crippen LogP contribution in [0, 0.1) is 0 Å². The van der Waals surface area contributed by atoms with Crippen LogP contribution < -0.4 is 14.8 Å². The molecule has 2 aromatic carbocycles. The second kappa shape index (κ2) is 9.23. The molecule has 0 spiro atoms. The highest BCUT2D eigenvalue weighted by atomic mass is 16.7. The number of carbonyl (C=O) groups excluding carboxylic acids is 3. The maximum Gasteiger partial charge on any atom is 0.238 e. The van der Waals surface area contributed by atoms with E-state index in [0.29, 0.717) is 48.9 Å². The lowest BCUT2D eigenvalue weighted by Crippen LogP contribution is -2.54. The first-order valence-electron chi connectivity index (χ1n) is 11.1. The van der Waals surface area contributed by atoms with Gasteiger partial charge in [-0.25, -0.2) is 0 Å². The van der Waals surface area contributed by atoms with Gasteiger partial charge in [-0.1, -0.05) is 30.3 Å². The lowest BCUT2D eigenvalue weighted by atomic mass is 9.83. The zero-order chi connectivity index (χ0) is 23.6. The van der Waals surface area contributed by atoms with Crippen molar-refractivity contribution in [3.63, 3.8) is 0 Å². The van der Waals surface area contributed by atoms with E-state index in [2.05, 4.69) is 5.32 Å². The van der Waals surface area contributed by atoms with Crippen molar-refractivity contribution in [2.24, 2.45) is 0 Å². The number of amides is 2. The Balaban J connectivity index is 1.34. The van der Waals surface area contributed by atoms with Gasteiger partial charge in [-0.15, -0.1) is 0 Å². The molecule has 1 fully saturated rings. The minimum Gasteiger partial charge on any atom is -0.454 e. The Morgan fingerprint density at radius 2 is 1.61 bits per heavy atom. The highest BCUT2D eigenvalue weighted by Crippen LogP contribution is 2.37. The molecule has 0 atom stereocenters. The molecule has 0 bridgehead atoms. The first-order valence-corrected chi connectivity index (χ1v) is 11.1. The maximum atomic E-state index is 13.2. The zero-order valence-corrected chi connectivity index (χ0v) is 19.2. The van der Waals surface area contributed by atoms with Gasteiger partial charge in [0.05, 0.1) is 17.6 Å². The van der Waals surface area contributed by atoms with Crippen LogP contribution in [0.15, 0.2) is 42.5 Å². The smallest absolute Gasteiger partial charge is 0.238 e. The quantitative estimate of drug-likeness (QED) is 0.680. The number of anilines is 1. The van der Waals surface area contributed by atoms with Crippen molar-refractivity contribution in [1.82, 2.24) is 9.80 Å². The Morgan fingerprint density at radius 1 is 0.970 bits per heavy atom. The van der Waals surface area contributed by atoms with E-state index in [-0.39, 0.29) is 30.9 Å². The molecule has 0 radical (unpaired) electrons. The van der Waals surface area contributed by atoms with E-state index < -0.39 is 5.41 Å². The van der Waals surface area contributed by atoms with E-state index in [1.807, 2.05) is 54.0 Å². The molecule has 1 N–H and O–H groups in total. The molecule has 2 heterocycles. The van der Waals surface area contributed by atoms with Gasteiger partial charge in [0.25, 0.3) is 0 Å². The van der Waals surface area contributed by atoms with Crippen molar-refractivity contribution in [2.45, 2.75) is 26.2 Å². The van der Waals surface area contributed by atoms with E-state index in [0.717, 1.165) is 5.56 Å². The molecule has 174 valence electrons. The molecule has 2 aromatic rings. The summed E-state index contributed by atoms with van der Waals surface area (Å²) in [6.45, 7) is 7.93. The topological polar surface area (TPSA) is 88.2 Å². The van der Waals surface area contributed by atoms with Crippen LogP contribution >= 0.6 is 0 Å². The summed E-state index contributed by atoms with van der Waals surface area (Å²) in [5.74, 6) is 0.697. The minimum atomic E-state index is -0.608. The molecular formula is C25H29N3O5. The van der Waals surface area contributed by atoms with Crippen molar-refractivity contribution in [3.8, 4) is 11.5 Å². The number of ether oxygens (including phenoxy) is 2. The molecular weight excluding hydrogens is 422 g/mol. The summed E-state index contributed by atoms with van der Waals surface area (Å²) >= 11 is 0. The SMILES string of the molecule is CC(=O)c1cc2c(cc1NC(=O)CN1CCN(C(=O)C(C)(C)c3ccccc3)CC1)OCO2. The highest BCUT2D eigenvalue weighted by molar-refractivity contribution is 6.05. The van der Waals surface area contributed by atoms with Crippen molar-refractivity contribution >= 4 is 23.3 Å². The van der Waals surface area contributed by atoms with Crippen LogP contribution in [-0.2, 0) is 15.0 Å². The van der Waals surface area contributed by atoms with Gasteiger partial charge in [0.15, 0.2) is 17.3 Å². The number of carbonyl (C=O) groups is 3. The number of hydrogen-bond donors (Lipinski definition) is 1. The highest BCUT2D eigenvalue weighted by Gasteiger charge is 2.35. The Morgan fingerprint density at radius 3 is 2.24 bits per heavy atom. The van der Waals surface area contributed by atoms with E-state index in [1.54, 1.807) is 12.1 Å². The summed E-state index contributed by atoms with van der Waals surface area (Å²) in [5.41, 5.74) is 1.17. The van der Waals surface area contributed by atoms with Gasteiger partial charge < -0.3 is 19.7 Å². The van der Waals surface area contributed by atoms with Crippen molar-refractivity contribution in [2.75, 3.05) is 44.8 Å². The first kappa shape index (κ1) is 22.8. The monoisotopic (exact) mass is 451 g/mol. The normalized spacial score (nSPS) is 15.9. The largest absolute Gasteiger partial charge is 0.454 e. The number of Topliss-reactive ketones (excluding diaryl/α,β-unsaturated/α-hetero) is 1. The van der Waals surface area contributed by atoms with E-state index in [1.165, 1.54) is 6.92 Å². The number of nitrogens with zero attached hydrogens (tertiary/aromatic N) is 2. The first-order chi connectivity index (χ1) is 15.8. The molecule has 2 aliphatic rings. The fourth-order valence-corrected chi connectivity index (χ4v) is 4.21. The van der Waals surface area contributed by atoms with E-state index in [9.17, 15) is 14.4 Å². The molecule has 0 unspecified atom stereocenters. The Hall–Kier alpha value is -3.39. The second-order valence-corrected chi connectivity index (χ2v) is 8.91. The van der Waals surface area contributed by atoms with E-state index >= 15 is 0 Å². The minimum absolute atomic E-state index is 0.0873. The lowest BCUT2D eigenvalue weighted by molar-refractivity contribution is -0.138. The number of hydrogen-bond acceptors (Lipinski definition) is 6. The number of benzene rings is 2. The average Bonchev–Trinajstić information content (AvgIpc) is 3.26. The molecule has 8 heteroatoms. The van der Waals surface area contributed by atoms with Crippen LogP contribution in [0.1, 0.15) is 36.7 Å². The van der Waals surface area contributed by atoms with Gasteiger partial charge in [0.2, 0.25) is 18.6 Å². The van der Waals surface area contributed by atoms with Crippen LogP contribution in [0.5, 0.6) is 11.5 Å². The third-order valence-corrected chi connectivity index (χ3v) is 6.22. The molecule has 0 aromatic heterocycles. The van der Waals surface area contributed by atoms with Crippen LogP contribution in [0.4, 0.5) is 5.69 Å². The molecule has 2 amide bonds. The fourth-order valence-electron chi connectivity index (χ4n) is 4.21. The van der Waals surface area contributed by atoms with Gasteiger partial charge in [-0.05, 0) is 32.4 Å². The van der Waals surface area contributed by atoms with Crippen molar-refractivity contribution in [1.29, 1.82) is 0 Å². The van der Waals surface area contributed by atoms with Crippen LogP contribution in [0.25, 0.3) is 0 Å². The molecule has 1 saturated heterocycles. The van der Waals surface area contributed by atoms with Gasteiger partial charge >= 0.3 is 0 Å². The summed E-state index contributed by atoms with van der Waals surface area (Å²) in [6, 6.07) is 13.0. The van der Waals surface area contributed by atoms with Gasteiger partial charge in [-0.3, -0.25) is 19.3 Å². The molecule has 0 saturated carbocycles. The average molecular weight is 452 g/mol. The van der Waals surface area contributed by atoms with Gasteiger partial charge in [-0.2, -0.15) is 0 Å². The lowest BCUT2D eigenvalue weighted by Gasteiger charge is -2.38. The Bertz CT molecular complexity index is 1060. The van der Waals surface area contributed by atoms with E-state index in [4.69, 9.17) is 9.47 Å². The van der Waals surface area contributed by atoms with Gasteiger partial charge in [0, 0.05) is 37.8 Å². The van der Waals surface area contributed by atoms with Gasteiger partial charge in [0.1, 0.15) is 0 Å². The summed E-state index contributed by atoms with van der Waals surface area (Å²) in [5, 5.41) is 2.83. The number of piperazine rings is 1. The standard InChI is InChI=1S/C25H29N3O5/c1-17(29)19-13-21-22(33-16-32-21)14-20(19)26-23(30)15-27-9-11-28(12-10-27)24(31)25(2,3)18-7-5-4-6-8-18/h4-8,13-14H,9-12,15-16H2,1-3H3,(H,26,30). The third-order valence-electron chi connectivity index (χ3n) is 6.22. The summed E-state index contributed by atoms with van der Waals surface area (Å²) in [4.78, 5) is 41.8. The zero-order valence-electron chi connectivity index (χ0n) is 19.2.